The van der Waals surface area contributed by atoms with Crippen LogP contribution in [-0.4, -0.2) is 53.8 Å². The monoisotopic (exact) mass is 398 g/mol. The normalized spacial score (nSPS) is 32.8. The number of hydrogen-bond acceptors (Lipinski definition) is 5. The van der Waals surface area contributed by atoms with Gasteiger partial charge in [-0.2, -0.15) is 0 Å². The molecule has 0 radical (unpaired) electrons. The minimum absolute atomic E-state index is 0.341. The zero-order valence-electron chi connectivity index (χ0n) is 12.9. The summed E-state index contributed by atoms with van der Waals surface area (Å²) in [5, 5.41) is 0. The molecule has 2 saturated heterocycles. The molecule has 0 aromatic carbocycles. The van der Waals surface area contributed by atoms with Crippen LogP contribution in [0.3, 0.4) is 0 Å². The average Bonchev–Trinajstić information content (AvgIpc) is 2.42. The van der Waals surface area contributed by atoms with Gasteiger partial charge in [0.15, 0.2) is 0 Å². The molecular weight excluding hydrogens is 374 g/mol. The fourth-order valence-electron chi connectivity index (χ4n) is 1.34. The Morgan fingerprint density at radius 1 is 0.526 bits per heavy atom. The summed E-state index contributed by atoms with van der Waals surface area (Å²) >= 11 is -4.52. The van der Waals surface area contributed by atoms with Crippen molar-refractivity contribution in [2.24, 2.45) is 0 Å². The molecule has 2 aliphatic rings. The van der Waals surface area contributed by atoms with Gasteiger partial charge in [-0.1, -0.05) is 0 Å². The Bertz CT molecular complexity index is 301. The Kier molecular flexibility index (Phi) is 4.04. The van der Waals surface area contributed by atoms with Gasteiger partial charge in [0.25, 0.3) is 0 Å². The van der Waals surface area contributed by atoms with Crippen LogP contribution in [0.1, 0.15) is 55.4 Å². The van der Waals surface area contributed by atoms with E-state index in [1.165, 1.54) is 0 Å². The number of rotatable bonds is 2. The van der Waals surface area contributed by atoms with E-state index in [-0.39, 0.29) is 22.4 Å². The molecule has 0 aliphatic carbocycles. The Hall–Kier alpha value is 0.917. The van der Waals surface area contributed by atoms with E-state index in [9.17, 15) is 0 Å². The first-order valence-electron chi connectivity index (χ1n) is 6.41. The van der Waals surface area contributed by atoms with Crippen LogP contribution in [-0.2, 0) is 17.6 Å². The molecule has 2 fully saturated rings. The van der Waals surface area contributed by atoms with E-state index in [4.69, 9.17) is 17.6 Å². The molecule has 0 amide bonds. The Morgan fingerprint density at radius 3 is 0.947 bits per heavy atom. The van der Waals surface area contributed by atoms with Crippen molar-refractivity contribution in [3.8, 4) is 0 Å². The second kappa shape index (κ2) is 4.71. The molecule has 0 saturated carbocycles. The third kappa shape index (κ3) is 2.94. The van der Waals surface area contributed by atoms with Gasteiger partial charge in [0.2, 0.25) is 0 Å². The van der Waals surface area contributed by atoms with Gasteiger partial charge in [-0.3, -0.25) is 0 Å². The van der Waals surface area contributed by atoms with Crippen molar-refractivity contribution >= 4 is 31.4 Å². The van der Waals surface area contributed by atoms with Crippen LogP contribution < -0.4 is 0 Å². The summed E-state index contributed by atoms with van der Waals surface area (Å²) in [5.74, 6) is 0. The van der Waals surface area contributed by atoms with Crippen molar-refractivity contribution in [1.29, 1.82) is 0 Å². The van der Waals surface area contributed by atoms with Crippen LogP contribution in [0.5, 0.6) is 0 Å². The third-order valence-corrected chi connectivity index (χ3v) is 12.8. The first kappa shape index (κ1) is 16.3. The van der Waals surface area contributed by atoms with E-state index in [2.05, 4.69) is 0 Å². The molecule has 5 nitrogen and oxygen atoms in total. The molecule has 2 heterocycles. The Morgan fingerprint density at radius 2 is 0.737 bits per heavy atom. The van der Waals surface area contributed by atoms with Gasteiger partial charge in [0.1, 0.15) is 0 Å². The van der Waals surface area contributed by atoms with Gasteiger partial charge in [-0.25, -0.2) is 0 Å². The third-order valence-electron chi connectivity index (χ3n) is 4.24. The SMILES string of the molecule is CC1(C)O[As](O[As]2OC(C)(C)C(C)(C)O2)OC1(C)C. The van der Waals surface area contributed by atoms with Gasteiger partial charge in [-0.15, -0.1) is 0 Å². The summed E-state index contributed by atoms with van der Waals surface area (Å²) in [6.45, 7) is 16.2. The number of hydrogen-bond donors (Lipinski definition) is 0. The van der Waals surface area contributed by atoms with Crippen LogP contribution in [0.25, 0.3) is 0 Å². The standard InChI is InChI=1S/C12H24As2O5/c1-9(2)10(3,4)16-13(15-9)19-14-17-11(5,6)12(7,8)18-14/h1-8H3. The van der Waals surface area contributed by atoms with Crippen molar-refractivity contribution in [3.63, 3.8) is 0 Å². The molecule has 2 aliphatic heterocycles. The first-order chi connectivity index (χ1) is 8.36. The van der Waals surface area contributed by atoms with Crippen LogP contribution in [0.2, 0.25) is 0 Å². The van der Waals surface area contributed by atoms with Crippen molar-refractivity contribution in [2.75, 3.05) is 0 Å². The van der Waals surface area contributed by atoms with E-state index in [0.29, 0.717) is 0 Å². The maximum atomic E-state index is 5.94. The zero-order valence-corrected chi connectivity index (χ0v) is 16.7. The molecule has 7 heteroatoms. The average molecular weight is 398 g/mol. The Labute approximate surface area is 126 Å². The fourth-order valence-corrected chi connectivity index (χ4v) is 9.62. The minimum atomic E-state index is -2.26. The van der Waals surface area contributed by atoms with E-state index < -0.39 is 31.4 Å². The summed E-state index contributed by atoms with van der Waals surface area (Å²) in [7, 11) is 0. The van der Waals surface area contributed by atoms with Gasteiger partial charge in [0, 0.05) is 0 Å². The summed E-state index contributed by atoms with van der Waals surface area (Å²) in [6, 6.07) is 0. The van der Waals surface area contributed by atoms with E-state index in [1.807, 2.05) is 55.4 Å². The van der Waals surface area contributed by atoms with Gasteiger partial charge in [-0.05, 0) is 0 Å². The van der Waals surface area contributed by atoms with Gasteiger partial charge < -0.3 is 0 Å². The van der Waals surface area contributed by atoms with E-state index in [0.717, 1.165) is 0 Å². The maximum absolute atomic E-state index is 5.94. The summed E-state index contributed by atoms with van der Waals surface area (Å²) in [5.41, 5.74) is -1.36. The molecule has 112 valence electrons. The fraction of sp³-hybridized carbons (Fsp3) is 1.00. The zero-order chi connectivity index (χ0) is 14.7. The molecule has 0 atom stereocenters. The van der Waals surface area contributed by atoms with Crippen LogP contribution in [0, 0.1) is 0 Å². The molecule has 2 rings (SSSR count). The van der Waals surface area contributed by atoms with E-state index >= 15 is 0 Å². The second-order valence-corrected chi connectivity index (χ2v) is 12.5. The summed E-state index contributed by atoms with van der Waals surface area (Å²) < 4.78 is 29.7. The first-order valence-corrected chi connectivity index (χ1v) is 11.0. The van der Waals surface area contributed by atoms with Crippen LogP contribution in [0.15, 0.2) is 0 Å². The molecule has 19 heavy (non-hydrogen) atoms. The van der Waals surface area contributed by atoms with E-state index in [1.54, 1.807) is 0 Å². The van der Waals surface area contributed by atoms with Crippen molar-refractivity contribution in [1.82, 2.24) is 0 Å². The van der Waals surface area contributed by atoms with Crippen molar-refractivity contribution in [2.45, 2.75) is 77.8 Å². The van der Waals surface area contributed by atoms with Crippen LogP contribution >= 0.6 is 0 Å². The van der Waals surface area contributed by atoms with Gasteiger partial charge >= 0.3 is 127 Å². The molecular formula is C12H24As2O5. The molecule has 0 spiro atoms. The molecule has 0 aromatic rings. The molecule has 0 bridgehead atoms. The molecule has 0 aromatic heterocycles. The van der Waals surface area contributed by atoms with Crippen LogP contribution in [0.4, 0.5) is 0 Å². The predicted molar refractivity (Wildman–Crippen MR) is 73.2 cm³/mol. The topological polar surface area (TPSA) is 46.2 Å². The van der Waals surface area contributed by atoms with Crippen molar-refractivity contribution < 1.29 is 17.6 Å². The second-order valence-electron chi connectivity index (χ2n) is 6.94. The summed E-state index contributed by atoms with van der Waals surface area (Å²) in [6.07, 6.45) is 0. The molecule has 0 unspecified atom stereocenters. The predicted octanol–water partition coefficient (Wildman–Crippen LogP) is 2.18. The van der Waals surface area contributed by atoms with Crippen molar-refractivity contribution in [3.05, 3.63) is 0 Å². The Balaban J connectivity index is 1.99. The van der Waals surface area contributed by atoms with Gasteiger partial charge in [0.05, 0.1) is 0 Å². The quantitative estimate of drug-likeness (QED) is 0.668. The summed E-state index contributed by atoms with van der Waals surface area (Å²) in [4.78, 5) is 0. The molecule has 0 N–H and O–H groups in total.